The van der Waals surface area contributed by atoms with Crippen LogP contribution in [0.4, 0.5) is 0 Å². The van der Waals surface area contributed by atoms with Gasteiger partial charge in [0.1, 0.15) is 10.6 Å². The van der Waals surface area contributed by atoms with Gasteiger partial charge >= 0.3 is 0 Å². The van der Waals surface area contributed by atoms with Gasteiger partial charge in [0.15, 0.2) is 0 Å². The van der Waals surface area contributed by atoms with E-state index >= 15 is 0 Å². The number of nitrogens with zero attached hydrogens (tertiary/aromatic N) is 1. The normalized spacial score (nSPS) is 17.3. The Morgan fingerprint density at radius 3 is 3.14 bits per heavy atom. The number of ether oxygens (including phenoxy) is 2. The molecule has 3 rings (SSSR count). The summed E-state index contributed by atoms with van der Waals surface area (Å²) < 4.78 is 14.8. The van der Waals surface area contributed by atoms with Crippen LogP contribution in [0.5, 0.6) is 11.6 Å². The maximum atomic E-state index is 12.3. The molecule has 0 spiro atoms. The molecule has 1 aliphatic rings. The molecule has 1 N–H and O–H groups in total. The monoisotopic (exact) mass is 304 g/mol. The lowest BCUT2D eigenvalue weighted by Gasteiger charge is -2.17. The molecule has 0 aliphatic carbocycles. The number of rotatable bonds is 3. The summed E-state index contributed by atoms with van der Waals surface area (Å²) >= 11 is 1.14. The average Bonchev–Trinajstić information content (AvgIpc) is 2.91. The summed E-state index contributed by atoms with van der Waals surface area (Å²) in [5.74, 6) is 1.19. The van der Waals surface area contributed by atoms with Gasteiger partial charge in [-0.3, -0.25) is 4.79 Å². The number of aromatic nitrogens is 1. The highest BCUT2D eigenvalue weighted by Gasteiger charge is 2.22. The van der Waals surface area contributed by atoms with E-state index in [0.29, 0.717) is 17.4 Å². The standard InChI is InChI=1S/C15H16N2O3S/c1-19-14-9-13(21-17-14)15(18)16-11-6-4-8-20-12-7-3-2-5-10(11)12/h2-3,5,7,9,11H,4,6,8H2,1H3,(H,16,18). The lowest BCUT2D eigenvalue weighted by Crippen LogP contribution is -2.27. The van der Waals surface area contributed by atoms with E-state index in [0.717, 1.165) is 35.7 Å². The van der Waals surface area contributed by atoms with Gasteiger partial charge in [-0.2, -0.15) is 4.37 Å². The fourth-order valence-electron chi connectivity index (χ4n) is 2.37. The SMILES string of the molecule is COc1cc(C(=O)NC2CCCOc3ccccc32)sn1. The van der Waals surface area contributed by atoms with Gasteiger partial charge in [0.2, 0.25) is 5.88 Å². The summed E-state index contributed by atoms with van der Waals surface area (Å²) in [4.78, 5) is 12.9. The molecule has 1 atom stereocenters. The van der Waals surface area contributed by atoms with Gasteiger partial charge in [-0.25, -0.2) is 0 Å². The van der Waals surface area contributed by atoms with Gasteiger partial charge in [0.05, 0.1) is 19.8 Å². The van der Waals surface area contributed by atoms with Crippen LogP contribution in [0, 0.1) is 0 Å². The van der Waals surface area contributed by atoms with Crippen LogP contribution in [0.25, 0.3) is 0 Å². The number of carbonyl (C=O) groups is 1. The third-order valence-corrected chi connectivity index (χ3v) is 4.19. The van der Waals surface area contributed by atoms with E-state index in [1.54, 1.807) is 6.07 Å². The van der Waals surface area contributed by atoms with Crippen LogP contribution in [0.3, 0.4) is 0 Å². The van der Waals surface area contributed by atoms with Crippen LogP contribution in [-0.2, 0) is 0 Å². The Morgan fingerprint density at radius 1 is 1.48 bits per heavy atom. The molecule has 21 heavy (non-hydrogen) atoms. The van der Waals surface area contributed by atoms with Gasteiger partial charge in [-0.05, 0) is 30.4 Å². The number of hydrogen-bond acceptors (Lipinski definition) is 5. The van der Waals surface area contributed by atoms with Gasteiger partial charge in [0, 0.05) is 11.6 Å². The van der Waals surface area contributed by atoms with Crippen LogP contribution in [-0.4, -0.2) is 24.0 Å². The minimum atomic E-state index is -0.127. The number of nitrogens with one attached hydrogen (secondary N) is 1. The second kappa shape index (κ2) is 6.13. The molecule has 0 bridgehead atoms. The third kappa shape index (κ3) is 3.00. The topological polar surface area (TPSA) is 60.5 Å². The molecular weight excluding hydrogens is 288 g/mol. The first-order valence-electron chi connectivity index (χ1n) is 6.81. The van der Waals surface area contributed by atoms with Crippen molar-refractivity contribution in [3.05, 3.63) is 40.8 Å². The van der Waals surface area contributed by atoms with Crippen LogP contribution in [0.2, 0.25) is 0 Å². The van der Waals surface area contributed by atoms with Crippen molar-refractivity contribution >= 4 is 17.4 Å². The predicted molar refractivity (Wildman–Crippen MR) is 80.0 cm³/mol. The number of para-hydroxylation sites is 1. The molecule has 0 fully saturated rings. The molecule has 110 valence electrons. The van der Waals surface area contributed by atoms with E-state index in [9.17, 15) is 4.79 Å². The highest BCUT2D eigenvalue weighted by Crippen LogP contribution is 2.31. The number of fused-ring (bicyclic) bond motifs is 1. The Hall–Kier alpha value is -2.08. The summed E-state index contributed by atoms with van der Waals surface area (Å²) in [5, 5.41) is 3.06. The maximum absolute atomic E-state index is 12.3. The minimum absolute atomic E-state index is 0.0377. The number of benzene rings is 1. The molecule has 1 aliphatic heterocycles. The minimum Gasteiger partial charge on any atom is -0.493 e. The smallest absolute Gasteiger partial charge is 0.263 e. The average molecular weight is 304 g/mol. The highest BCUT2D eigenvalue weighted by atomic mass is 32.1. The second-order valence-corrected chi connectivity index (χ2v) is 5.59. The molecular formula is C15H16N2O3S. The largest absolute Gasteiger partial charge is 0.493 e. The van der Waals surface area contributed by atoms with Crippen molar-refractivity contribution in [2.75, 3.05) is 13.7 Å². The molecule has 1 aromatic carbocycles. The Morgan fingerprint density at radius 2 is 2.33 bits per heavy atom. The Kier molecular flexibility index (Phi) is 4.06. The van der Waals surface area contributed by atoms with E-state index in [1.807, 2.05) is 24.3 Å². The van der Waals surface area contributed by atoms with Crippen molar-refractivity contribution in [2.45, 2.75) is 18.9 Å². The van der Waals surface area contributed by atoms with E-state index < -0.39 is 0 Å². The van der Waals surface area contributed by atoms with E-state index in [-0.39, 0.29) is 11.9 Å². The molecule has 1 unspecified atom stereocenters. The number of hydrogen-bond donors (Lipinski definition) is 1. The lowest BCUT2D eigenvalue weighted by molar-refractivity contribution is 0.0938. The Balaban J connectivity index is 1.79. The highest BCUT2D eigenvalue weighted by molar-refractivity contribution is 7.08. The van der Waals surface area contributed by atoms with Crippen LogP contribution in [0.1, 0.15) is 34.1 Å². The van der Waals surface area contributed by atoms with Crippen LogP contribution < -0.4 is 14.8 Å². The Bertz CT molecular complexity index is 641. The fourth-order valence-corrected chi connectivity index (χ4v) is 2.98. The quantitative estimate of drug-likeness (QED) is 0.947. The molecule has 5 nitrogen and oxygen atoms in total. The van der Waals surface area contributed by atoms with Crippen molar-refractivity contribution in [1.29, 1.82) is 0 Å². The van der Waals surface area contributed by atoms with Gasteiger partial charge in [-0.1, -0.05) is 18.2 Å². The van der Waals surface area contributed by atoms with Crippen molar-refractivity contribution in [1.82, 2.24) is 9.69 Å². The van der Waals surface area contributed by atoms with Crippen LogP contribution >= 0.6 is 11.5 Å². The van der Waals surface area contributed by atoms with E-state index in [4.69, 9.17) is 9.47 Å². The van der Waals surface area contributed by atoms with E-state index in [2.05, 4.69) is 9.69 Å². The summed E-state index contributed by atoms with van der Waals surface area (Å²) in [5.41, 5.74) is 1.03. The molecule has 0 saturated heterocycles. The summed E-state index contributed by atoms with van der Waals surface area (Å²) in [6.07, 6.45) is 1.77. The fraction of sp³-hybridized carbons (Fsp3) is 0.333. The van der Waals surface area contributed by atoms with Crippen molar-refractivity contribution in [2.24, 2.45) is 0 Å². The molecule has 2 aromatic rings. The first-order chi connectivity index (χ1) is 10.3. The zero-order valence-corrected chi connectivity index (χ0v) is 12.5. The molecule has 1 aromatic heterocycles. The van der Waals surface area contributed by atoms with Crippen molar-refractivity contribution in [3.63, 3.8) is 0 Å². The molecule has 1 amide bonds. The zero-order valence-electron chi connectivity index (χ0n) is 11.7. The molecule has 6 heteroatoms. The van der Waals surface area contributed by atoms with Crippen molar-refractivity contribution in [3.8, 4) is 11.6 Å². The van der Waals surface area contributed by atoms with Gasteiger partial charge in [0.25, 0.3) is 5.91 Å². The molecule has 2 heterocycles. The number of amides is 1. The second-order valence-electron chi connectivity index (χ2n) is 4.79. The zero-order chi connectivity index (χ0) is 14.7. The first kappa shape index (κ1) is 13.9. The van der Waals surface area contributed by atoms with Gasteiger partial charge < -0.3 is 14.8 Å². The first-order valence-corrected chi connectivity index (χ1v) is 7.58. The van der Waals surface area contributed by atoms with Gasteiger partial charge in [-0.15, -0.1) is 0 Å². The molecule has 0 saturated carbocycles. The van der Waals surface area contributed by atoms with Crippen LogP contribution in [0.15, 0.2) is 30.3 Å². The lowest BCUT2D eigenvalue weighted by atomic mass is 10.0. The van der Waals surface area contributed by atoms with Crippen molar-refractivity contribution < 1.29 is 14.3 Å². The molecule has 0 radical (unpaired) electrons. The number of methoxy groups -OCH3 is 1. The maximum Gasteiger partial charge on any atom is 0.263 e. The number of carbonyl (C=O) groups excluding carboxylic acids is 1. The predicted octanol–water partition coefficient (Wildman–Crippen LogP) is 2.80. The summed E-state index contributed by atoms with van der Waals surface area (Å²) in [6.45, 7) is 0.678. The van der Waals surface area contributed by atoms with E-state index in [1.165, 1.54) is 7.11 Å². The third-order valence-electron chi connectivity index (χ3n) is 3.42. The summed E-state index contributed by atoms with van der Waals surface area (Å²) in [7, 11) is 1.54. The Labute approximate surface area is 127 Å². The summed E-state index contributed by atoms with van der Waals surface area (Å²) in [6, 6.07) is 9.46.